The fourth-order valence-corrected chi connectivity index (χ4v) is 5.48. The normalized spacial score (nSPS) is 17.0. The Bertz CT molecular complexity index is 1160. The molecule has 0 radical (unpaired) electrons. The van der Waals surface area contributed by atoms with E-state index in [1.165, 1.54) is 12.1 Å². The van der Waals surface area contributed by atoms with Gasteiger partial charge in [0.25, 0.3) is 5.91 Å². The molecular formula is C24H24N2O5S. The van der Waals surface area contributed by atoms with E-state index in [1.54, 1.807) is 17.6 Å². The van der Waals surface area contributed by atoms with Crippen LogP contribution < -0.4 is 10.2 Å². The van der Waals surface area contributed by atoms with Gasteiger partial charge in [0.05, 0.1) is 4.90 Å². The molecule has 0 bridgehead atoms. The second-order valence-electron chi connectivity index (χ2n) is 7.57. The number of carbonyl (C=O) groups is 1. The van der Waals surface area contributed by atoms with Crippen molar-refractivity contribution in [3.63, 3.8) is 0 Å². The van der Waals surface area contributed by atoms with Crippen LogP contribution in [-0.2, 0) is 14.8 Å². The summed E-state index contributed by atoms with van der Waals surface area (Å²) in [6, 6.07) is 22.8. The quantitative estimate of drug-likeness (QED) is 0.432. The van der Waals surface area contributed by atoms with E-state index in [4.69, 9.17) is 9.94 Å². The van der Waals surface area contributed by atoms with E-state index in [0.29, 0.717) is 24.3 Å². The van der Waals surface area contributed by atoms with E-state index in [0.717, 1.165) is 21.9 Å². The molecule has 8 heteroatoms. The Labute approximate surface area is 187 Å². The number of hydrogen-bond acceptors (Lipinski definition) is 5. The monoisotopic (exact) mass is 452 g/mol. The summed E-state index contributed by atoms with van der Waals surface area (Å²) in [6.07, 6.45) is 1.75. The van der Waals surface area contributed by atoms with Crippen LogP contribution in [0.2, 0.25) is 0 Å². The summed E-state index contributed by atoms with van der Waals surface area (Å²) < 4.78 is 33.2. The zero-order valence-electron chi connectivity index (χ0n) is 17.3. The number of rotatable bonds is 6. The molecule has 1 amide bonds. The number of ether oxygens (including phenoxy) is 1. The van der Waals surface area contributed by atoms with E-state index >= 15 is 0 Å². The smallest absolute Gasteiger partial charge is 0.261 e. The number of amides is 1. The van der Waals surface area contributed by atoms with Crippen molar-refractivity contribution >= 4 is 15.9 Å². The summed E-state index contributed by atoms with van der Waals surface area (Å²) in [5.74, 6) is 0.419. The van der Waals surface area contributed by atoms with Crippen LogP contribution in [0.4, 0.5) is 0 Å². The van der Waals surface area contributed by atoms with E-state index in [9.17, 15) is 13.2 Å². The van der Waals surface area contributed by atoms with Crippen molar-refractivity contribution in [1.29, 1.82) is 0 Å². The lowest BCUT2D eigenvalue weighted by Crippen LogP contribution is -2.51. The molecule has 0 aliphatic carbocycles. The van der Waals surface area contributed by atoms with Crippen LogP contribution in [0, 0.1) is 0 Å². The average molecular weight is 453 g/mol. The number of hydroxylamine groups is 1. The first-order valence-corrected chi connectivity index (χ1v) is 11.8. The summed E-state index contributed by atoms with van der Waals surface area (Å²) in [7, 11) is -3.89. The van der Waals surface area contributed by atoms with Gasteiger partial charge in [0.2, 0.25) is 10.0 Å². The van der Waals surface area contributed by atoms with Crippen molar-refractivity contribution in [1.82, 2.24) is 9.79 Å². The molecule has 4 rings (SSSR count). The van der Waals surface area contributed by atoms with Crippen molar-refractivity contribution in [2.24, 2.45) is 0 Å². The molecule has 1 unspecified atom stereocenters. The van der Waals surface area contributed by atoms with Crippen LogP contribution in [0.1, 0.15) is 19.3 Å². The molecule has 1 fully saturated rings. The number of piperidine rings is 1. The second kappa shape index (κ2) is 9.52. The van der Waals surface area contributed by atoms with Gasteiger partial charge in [-0.15, -0.1) is 0 Å². The Morgan fingerprint density at radius 2 is 1.47 bits per heavy atom. The van der Waals surface area contributed by atoms with Crippen molar-refractivity contribution < 1.29 is 23.2 Å². The van der Waals surface area contributed by atoms with Crippen molar-refractivity contribution in [3.8, 4) is 22.6 Å². The first-order chi connectivity index (χ1) is 15.5. The van der Waals surface area contributed by atoms with Crippen LogP contribution in [0.5, 0.6) is 11.5 Å². The van der Waals surface area contributed by atoms with Crippen molar-refractivity contribution in [2.45, 2.75) is 30.2 Å². The number of nitrogens with one attached hydrogen (secondary N) is 1. The minimum absolute atomic E-state index is 0.0712. The summed E-state index contributed by atoms with van der Waals surface area (Å²) in [4.78, 5) is 12.0. The molecule has 2 N–H and O–H groups in total. The van der Waals surface area contributed by atoms with Gasteiger partial charge in [-0.1, -0.05) is 48.9 Å². The lowest BCUT2D eigenvalue weighted by atomic mass is 10.0. The van der Waals surface area contributed by atoms with Crippen LogP contribution in [-0.4, -0.2) is 36.4 Å². The highest BCUT2D eigenvalue weighted by Crippen LogP contribution is 2.29. The minimum atomic E-state index is -3.89. The third kappa shape index (κ3) is 4.67. The molecule has 1 aliphatic heterocycles. The predicted octanol–water partition coefficient (Wildman–Crippen LogP) is 4.19. The summed E-state index contributed by atoms with van der Waals surface area (Å²) >= 11 is 0. The van der Waals surface area contributed by atoms with Gasteiger partial charge in [0.15, 0.2) is 0 Å². The third-order valence-corrected chi connectivity index (χ3v) is 7.42. The molecule has 1 atom stereocenters. The molecule has 0 aromatic heterocycles. The van der Waals surface area contributed by atoms with Crippen molar-refractivity contribution in [2.75, 3.05) is 6.54 Å². The number of nitrogens with zero attached hydrogens (tertiary/aromatic N) is 1. The summed E-state index contributed by atoms with van der Waals surface area (Å²) in [6.45, 7) is 0.229. The zero-order chi connectivity index (χ0) is 22.6. The number of hydrogen-bond donors (Lipinski definition) is 2. The lowest BCUT2D eigenvalue weighted by molar-refractivity contribution is -0.134. The largest absolute Gasteiger partial charge is 0.457 e. The molecule has 32 heavy (non-hydrogen) atoms. The molecule has 0 spiro atoms. The minimum Gasteiger partial charge on any atom is -0.457 e. The van der Waals surface area contributed by atoms with Gasteiger partial charge in [-0.25, -0.2) is 13.9 Å². The first-order valence-electron chi connectivity index (χ1n) is 10.4. The average Bonchev–Trinajstić information content (AvgIpc) is 2.85. The maximum atomic E-state index is 13.1. The molecule has 1 aliphatic rings. The van der Waals surface area contributed by atoms with Gasteiger partial charge in [0.1, 0.15) is 17.5 Å². The zero-order valence-corrected chi connectivity index (χ0v) is 18.2. The predicted molar refractivity (Wildman–Crippen MR) is 120 cm³/mol. The van der Waals surface area contributed by atoms with Crippen LogP contribution >= 0.6 is 0 Å². The van der Waals surface area contributed by atoms with Crippen LogP contribution in [0.3, 0.4) is 0 Å². The Morgan fingerprint density at radius 3 is 2.09 bits per heavy atom. The Balaban J connectivity index is 1.48. The number of benzene rings is 3. The molecule has 1 heterocycles. The van der Waals surface area contributed by atoms with Gasteiger partial charge >= 0.3 is 0 Å². The highest BCUT2D eigenvalue weighted by atomic mass is 32.2. The molecule has 166 valence electrons. The molecular weight excluding hydrogens is 428 g/mol. The Hall–Kier alpha value is -3.20. The van der Waals surface area contributed by atoms with Crippen molar-refractivity contribution in [3.05, 3.63) is 78.9 Å². The van der Waals surface area contributed by atoms with Gasteiger partial charge in [-0.3, -0.25) is 10.0 Å². The highest BCUT2D eigenvalue weighted by Gasteiger charge is 2.37. The molecule has 1 saturated heterocycles. The van der Waals surface area contributed by atoms with Gasteiger partial charge in [-0.2, -0.15) is 4.31 Å². The molecule has 0 saturated carbocycles. The topological polar surface area (TPSA) is 95.9 Å². The summed E-state index contributed by atoms with van der Waals surface area (Å²) in [5, 5.41) is 8.96. The summed E-state index contributed by atoms with van der Waals surface area (Å²) in [5.41, 5.74) is 3.76. The van der Waals surface area contributed by atoms with E-state index < -0.39 is 22.0 Å². The lowest BCUT2D eigenvalue weighted by Gasteiger charge is -2.33. The van der Waals surface area contributed by atoms with E-state index in [-0.39, 0.29) is 11.4 Å². The first kappa shape index (κ1) is 22.0. The SMILES string of the molecule is O=C(NO)C1CCCCN1S(=O)(=O)c1ccc(Oc2ccc(-c3ccccc3)cc2)cc1. The fourth-order valence-electron chi connectivity index (χ4n) is 3.83. The molecule has 3 aromatic rings. The standard InChI is InChI=1S/C24H24N2O5S/c27-24(25-28)23-8-4-5-17-26(23)32(29,30)22-15-13-21(14-16-22)31-20-11-9-19(10-12-20)18-6-2-1-3-7-18/h1-3,6-7,9-16,23,28H,4-5,8,17H2,(H,25,27). The molecule has 7 nitrogen and oxygen atoms in total. The van der Waals surface area contributed by atoms with Gasteiger partial charge in [0, 0.05) is 6.54 Å². The maximum Gasteiger partial charge on any atom is 0.261 e. The highest BCUT2D eigenvalue weighted by molar-refractivity contribution is 7.89. The number of carbonyl (C=O) groups excluding carboxylic acids is 1. The van der Waals surface area contributed by atoms with Crippen LogP contribution in [0.15, 0.2) is 83.8 Å². The Morgan fingerprint density at radius 1 is 0.875 bits per heavy atom. The fraction of sp³-hybridized carbons (Fsp3) is 0.208. The molecule has 3 aromatic carbocycles. The number of sulfonamides is 1. The maximum absolute atomic E-state index is 13.1. The third-order valence-electron chi connectivity index (χ3n) is 5.49. The second-order valence-corrected chi connectivity index (χ2v) is 9.46. The Kier molecular flexibility index (Phi) is 6.55. The van der Waals surface area contributed by atoms with E-state index in [2.05, 4.69) is 0 Å². The van der Waals surface area contributed by atoms with Gasteiger partial charge < -0.3 is 4.74 Å². The van der Waals surface area contributed by atoms with Gasteiger partial charge in [-0.05, 0) is 60.4 Å². The van der Waals surface area contributed by atoms with Crippen LogP contribution in [0.25, 0.3) is 11.1 Å². The van der Waals surface area contributed by atoms with E-state index in [1.807, 2.05) is 54.6 Å².